The number of pyridine rings is 2. The molecule has 4 rings (SSSR count). The van der Waals surface area contributed by atoms with Crippen LogP contribution < -0.4 is 10.6 Å². The molecule has 0 saturated heterocycles. The van der Waals surface area contributed by atoms with Crippen molar-refractivity contribution in [3.8, 4) is 0 Å². The summed E-state index contributed by atoms with van der Waals surface area (Å²) in [5, 5.41) is 4.80. The molecule has 0 aromatic carbocycles. The topological polar surface area (TPSA) is 25.8 Å². The second-order valence-corrected chi connectivity index (χ2v) is 11.7. The number of fused-ring (bicyclic) bond motifs is 2. The standard InChI is InChI=1S/C22H24N2S4/c1-3-5-12-25-21-22(26-13-6-4-2)28-20(27-21)16-9-11-24-18-14-17-15(19(16)18)8-7-10-23-17/h7-11,14H,3-6,12-13H2,1-2H3. The molecule has 0 unspecified atom stereocenters. The van der Waals surface area contributed by atoms with Gasteiger partial charge in [-0.05, 0) is 42.6 Å². The van der Waals surface area contributed by atoms with Gasteiger partial charge in [0, 0.05) is 28.0 Å². The van der Waals surface area contributed by atoms with Gasteiger partial charge in [-0.2, -0.15) is 0 Å². The molecule has 0 amide bonds. The average molecular weight is 445 g/mol. The highest BCUT2D eigenvalue weighted by atomic mass is 32.3. The lowest BCUT2D eigenvalue weighted by Crippen LogP contribution is -2.09. The first-order valence-corrected chi connectivity index (χ1v) is 13.4. The summed E-state index contributed by atoms with van der Waals surface area (Å²) in [4.78, 5) is 9.15. The highest BCUT2D eigenvalue weighted by molar-refractivity contribution is 8.45. The van der Waals surface area contributed by atoms with Crippen molar-refractivity contribution in [2.24, 2.45) is 0 Å². The summed E-state index contributed by atoms with van der Waals surface area (Å²) in [6, 6.07) is 6.37. The van der Waals surface area contributed by atoms with Crippen LogP contribution in [0, 0.1) is 10.4 Å². The minimum absolute atomic E-state index is 1.04. The molecule has 0 bridgehead atoms. The molecule has 2 nitrogen and oxygen atoms in total. The van der Waals surface area contributed by atoms with Crippen LogP contribution in [0.1, 0.15) is 45.2 Å². The Hall–Kier alpha value is -0.820. The summed E-state index contributed by atoms with van der Waals surface area (Å²) < 4.78 is 4.38. The van der Waals surface area contributed by atoms with Crippen molar-refractivity contribution in [3.63, 3.8) is 0 Å². The zero-order valence-corrected chi connectivity index (χ0v) is 19.5. The highest BCUT2D eigenvalue weighted by Crippen LogP contribution is 2.57. The van der Waals surface area contributed by atoms with Crippen molar-refractivity contribution in [2.45, 2.75) is 39.5 Å². The van der Waals surface area contributed by atoms with Gasteiger partial charge in [-0.25, -0.2) is 0 Å². The van der Waals surface area contributed by atoms with Crippen molar-refractivity contribution < 1.29 is 0 Å². The number of thioether (sulfide) groups is 4. The minimum atomic E-state index is 1.04. The van der Waals surface area contributed by atoms with Crippen molar-refractivity contribution in [3.05, 3.63) is 65.8 Å². The van der Waals surface area contributed by atoms with E-state index in [1.165, 1.54) is 65.6 Å². The Labute approximate surface area is 183 Å². The van der Waals surface area contributed by atoms with Crippen LogP contribution in [0.3, 0.4) is 0 Å². The van der Waals surface area contributed by atoms with E-state index in [1.54, 1.807) is 0 Å². The van der Waals surface area contributed by atoms with Gasteiger partial charge >= 0.3 is 0 Å². The van der Waals surface area contributed by atoms with Gasteiger partial charge in [0.1, 0.15) is 0 Å². The van der Waals surface area contributed by atoms with Crippen LogP contribution in [-0.2, 0) is 0 Å². The molecule has 0 fully saturated rings. The zero-order valence-electron chi connectivity index (χ0n) is 16.2. The predicted octanol–water partition coefficient (Wildman–Crippen LogP) is 5.64. The minimum Gasteiger partial charge on any atom is -0.256 e. The van der Waals surface area contributed by atoms with Gasteiger partial charge in [-0.3, -0.25) is 9.97 Å². The quantitative estimate of drug-likeness (QED) is 0.417. The summed E-state index contributed by atoms with van der Waals surface area (Å²) in [5.41, 5.74) is 1.05. The normalized spacial score (nSPS) is 15.0. The van der Waals surface area contributed by atoms with Gasteiger partial charge in [0.25, 0.3) is 0 Å². The monoisotopic (exact) mass is 444 g/mol. The maximum Gasteiger partial charge on any atom is 0.0737 e. The predicted molar refractivity (Wildman–Crippen MR) is 129 cm³/mol. The summed E-state index contributed by atoms with van der Waals surface area (Å²) in [6.45, 7) is 4.53. The Bertz CT molecular complexity index is 1080. The molecule has 3 heterocycles. The number of rotatable bonds is 8. The second kappa shape index (κ2) is 9.79. The van der Waals surface area contributed by atoms with E-state index in [-0.39, 0.29) is 0 Å². The molecular formula is C22H24N2S4. The Morgan fingerprint density at radius 1 is 0.857 bits per heavy atom. The molecule has 1 aliphatic carbocycles. The molecule has 0 radical (unpaired) electrons. The summed E-state index contributed by atoms with van der Waals surface area (Å²) in [7, 11) is 0. The van der Waals surface area contributed by atoms with Crippen molar-refractivity contribution in [2.75, 3.05) is 11.5 Å². The SMILES string of the molecule is CCCCSC1=C(SCCCC)SC(=c2ccnc3c2=c2cccnc2=C3)S1. The number of hydrogen-bond donors (Lipinski definition) is 0. The van der Waals surface area contributed by atoms with E-state index in [0.29, 0.717) is 0 Å². The van der Waals surface area contributed by atoms with Crippen LogP contribution in [0.2, 0.25) is 0 Å². The highest BCUT2D eigenvalue weighted by Gasteiger charge is 2.23. The second-order valence-electron chi connectivity index (χ2n) is 6.67. The third kappa shape index (κ3) is 4.35. The van der Waals surface area contributed by atoms with Gasteiger partial charge in [-0.1, -0.05) is 56.3 Å². The molecule has 0 spiro atoms. The van der Waals surface area contributed by atoms with E-state index in [0.717, 1.165) is 11.0 Å². The lowest BCUT2D eigenvalue weighted by Gasteiger charge is -2.03. The Kier molecular flexibility index (Phi) is 7.15. The number of aromatic nitrogens is 2. The Morgan fingerprint density at radius 2 is 1.57 bits per heavy atom. The van der Waals surface area contributed by atoms with E-state index < -0.39 is 0 Å². The smallest absolute Gasteiger partial charge is 0.0737 e. The maximum absolute atomic E-state index is 4.61. The number of unbranched alkanes of at least 4 members (excludes halogenated alkanes) is 2. The van der Waals surface area contributed by atoms with Crippen LogP contribution in [0.4, 0.5) is 0 Å². The molecule has 0 saturated carbocycles. The first kappa shape index (κ1) is 20.5. The summed E-state index contributed by atoms with van der Waals surface area (Å²) >= 11 is 7.99. The van der Waals surface area contributed by atoms with Crippen molar-refractivity contribution >= 4 is 57.4 Å². The Morgan fingerprint density at radius 3 is 2.25 bits per heavy atom. The van der Waals surface area contributed by atoms with Crippen molar-refractivity contribution in [1.29, 1.82) is 0 Å². The molecule has 2 aromatic rings. The lowest BCUT2D eigenvalue weighted by atomic mass is 10.2. The number of nitrogens with zero attached hydrogens (tertiary/aromatic N) is 2. The van der Waals surface area contributed by atoms with E-state index in [1.807, 2.05) is 65.5 Å². The molecule has 0 atom stereocenters. The van der Waals surface area contributed by atoms with E-state index >= 15 is 0 Å². The van der Waals surface area contributed by atoms with Crippen LogP contribution in [-0.4, -0.2) is 21.5 Å². The molecule has 6 heteroatoms. The lowest BCUT2D eigenvalue weighted by molar-refractivity contribution is 0.897. The summed E-state index contributed by atoms with van der Waals surface area (Å²) in [5.74, 6) is 2.42. The van der Waals surface area contributed by atoms with Crippen molar-refractivity contribution in [1.82, 2.24) is 9.97 Å². The molecule has 28 heavy (non-hydrogen) atoms. The van der Waals surface area contributed by atoms with Crippen LogP contribution >= 0.6 is 47.0 Å². The molecule has 2 aliphatic rings. The Balaban J connectivity index is 1.75. The molecular weight excluding hydrogens is 421 g/mol. The average Bonchev–Trinajstić information content (AvgIpc) is 3.29. The third-order valence-corrected chi connectivity index (χ3v) is 10.3. The first-order chi connectivity index (χ1) is 13.8. The van der Waals surface area contributed by atoms with Gasteiger partial charge in [0.05, 0.1) is 23.8 Å². The fraction of sp³-hybridized carbons (Fsp3) is 0.364. The first-order valence-electron chi connectivity index (χ1n) is 9.83. The third-order valence-electron chi connectivity index (χ3n) is 4.58. The van der Waals surface area contributed by atoms with Gasteiger partial charge in [0.2, 0.25) is 0 Å². The largest absolute Gasteiger partial charge is 0.256 e. The summed E-state index contributed by atoms with van der Waals surface area (Å²) in [6.07, 6.45) is 11.0. The van der Waals surface area contributed by atoms with E-state index in [9.17, 15) is 0 Å². The fourth-order valence-electron chi connectivity index (χ4n) is 3.09. The zero-order chi connectivity index (χ0) is 19.3. The van der Waals surface area contributed by atoms with Gasteiger partial charge in [-0.15, -0.1) is 23.5 Å². The molecule has 2 aromatic heterocycles. The van der Waals surface area contributed by atoms with E-state index in [4.69, 9.17) is 0 Å². The maximum atomic E-state index is 4.61. The fourth-order valence-corrected chi connectivity index (χ4v) is 9.29. The molecule has 0 N–H and O–H groups in total. The van der Waals surface area contributed by atoms with Crippen LogP contribution in [0.5, 0.6) is 0 Å². The molecule has 1 aliphatic heterocycles. The van der Waals surface area contributed by atoms with Crippen LogP contribution in [0.25, 0.3) is 10.3 Å². The number of hydrogen-bond acceptors (Lipinski definition) is 6. The van der Waals surface area contributed by atoms with Crippen LogP contribution in [0.15, 0.2) is 39.1 Å². The molecule has 146 valence electrons. The van der Waals surface area contributed by atoms with Gasteiger partial charge in [0.15, 0.2) is 0 Å². The van der Waals surface area contributed by atoms with E-state index in [2.05, 4.69) is 42.0 Å². The van der Waals surface area contributed by atoms with Gasteiger partial charge < -0.3 is 0 Å².